The molecule has 1 radical (unpaired) electrons. The minimum Gasteiger partial charge on any atom is -0.366 e. The van der Waals surface area contributed by atoms with Gasteiger partial charge in [-0.15, -0.1) is 0 Å². The first-order valence-electron chi connectivity index (χ1n) is 12.3. The monoisotopic (exact) mass is 533 g/mol. The van der Waals surface area contributed by atoms with Crippen molar-refractivity contribution in [1.29, 1.82) is 0 Å². The van der Waals surface area contributed by atoms with Crippen molar-refractivity contribution in [2.75, 3.05) is 0 Å². The second-order valence-corrected chi connectivity index (χ2v) is 10.1. The second-order valence-electron chi connectivity index (χ2n) is 9.33. The molecule has 0 aliphatic carbocycles. The number of carbonyl (C=O) groups is 1. The van der Waals surface area contributed by atoms with Crippen molar-refractivity contribution in [2.24, 2.45) is 5.73 Å². The van der Waals surface area contributed by atoms with Crippen molar-refractivity contribution in [2.45, 2.75) is 13.0 Å². The van der Waals surface area contributed by atoms with Gasteiger partial charge in [-0.2, -0.15) is 0 Å². The number of rotatable bonds is 6. The van der Waals surface area contributed by atoms with E-state index in [1.165, 1.54) is 16.7 Å². The van der Waals surface area contributed by atoms with Gasteiger partial charge in [0.05, 0.1) is 11.0 Å². The Morgan fingerprint density at radius 1 is 0.789 bits per heavy atom. The van der Waals surface area contributed by atoms with Gasteiger partial charge >= 0.3 is 0 Å². The molecule has 1 amide bonds. The fraction of sp³-hybridized carbons (Fsp3) is 0.0606. The SMILES string of the molecule is NC(=O)c1cccc2c1c1[c]cc(-c3c(Cl)cccc3Cl)cc1n2Cc1ccccc1Cc1ccccc1. The third-order valence-electron chi connectivity index (χ3n) is 7.00. The number of carbonyl (C=O) groups excluding carboxylic acids is 1. The molecule has 5 heteroatoms. The van der Waals surface area contributed by atoms with Gasteiger partial charge in [-0.05, 0) is 71.1 Å². The molecule has 3 nitrogen and oxygen atoms in total. The number of primary amides is 1. The molecular formula is C33H23Cl2N2O. The third-order valence-corrected chi connectivity index (χ3v) is 7.63. The Labute approximate surface area is 231 Å². The molecule has 0 saturated heterocycles. The van der Waals surface area contributed by atoms with Crippen LogP contribution < -0.4 is 5.73 Å². The van der Waals surface area contributed by atoms with Crippen LogP contribution >= 0.6 is 23.2 Å². The zero-order valence-electron chi connectivity index (χ0n) is 20.4. The van der Waals surface area contributed by atoms with Gasteiger partial charge in [0, 0.05) is 38.5 Å². The predicted octanol–water partition coefficient (Wildman–Crippen LogP) is 8.31. The summed E-state index contributed by atoms with van der Waals surface area (Å²) in [5.74, 6) is -0.467. The number of amides is 1. The number of fused-ring (bicyclic) bond motifs is 3. The normalized spacial score (nSPS) is 11.3. The summed E-state index contributed by atoms with van der Waals surface area (Å²) in [5.41, 5.74) is 13.4. The Hall–Kier alpha value is -4.05. The molecule has 5 aromatic carbocycles. The first kappa shape index (κ1) is 24.3. The molecule has 0 saturated carbocycles. The Kier molecular flexibility index (Phi) is 6.40. The number of nitrogens with zero attached hydrogens (tertiary/aromatic N) is 1. The first-order chi connectivity index (χ1) is 18.5. The summed E-state index contributed by atoms with van der Waals surface area (Å²) in [6.07, 6.45) is 0.827. The number of hydrogen-bond acceptors (Lipinski definition) is 1. The topological polar surface area (TPSA) is 48.0 Å². The number of aromatic nitrogens is 1. The van der Waals surface area contributed by atoms with Crippen LogP contribution in [0, 0.1) is 6.07 Å². The van der Waals surface area contributed by atoms with E-state index in [0.29, 0.717) is 22.2 Å². The summed E-state index contributed by atoms with van der Waals surface area (Å²) >= 11 is 13.1. The number of halogens is 2. The van der Waals surface area contributed by atoms with Crippen LogP contribution in [0.4, 0.5) is 0 Å². The van der Waals surface area contributed by atoms with Crippen LogP contribution in [0.3, 0.4) is 0 Å². The molecule has 38 heavy (non-hydrogen) atoms. The molecule has 6 rings (SSSR count). The summed E-state index contributed by atoms with van der Waals surface area (Å²) in [6.45, 7) is 0.610. The van der Waals surface area contributed by atoms with Crippen molar-refractivity contribution >= 4 is 50.9 Å². The summed E-state index contributed by atoms with van der Waals surface area (Å²) in [7, 11) is 0. The van der Waals surface area contributed by atoms with Crippen molar-refractivity contribution in [3.8, 4) is 11.1 Å². The zero-order valence-corrected chi connectivity index (χ0v) is 21.9. The van der Waals surface area contributed by atoms with Gasteiger partial charge in [0.2, 0.25) is 5.91 Å². The molecule has 6 aromatic rings. The van der Waals surface area contributed by atoms with Crippen LogP contribution in [0.25, 0.3) is 32.9 Å². The molecule has 0 bridgehead atoms. The lowest BCUT2D eigenvalue weighted by Crippen LogP contribution is -2.11. The van der Waals surface area contributed by atoms with Crippen LogP contribution in [0.5, 0.6) is 0 Å². The molecule has 185 valence electrons. The Morgan fingerprint density at radius 3 is 2.21 bits per heavy atom. The minimum absolute atomic E-state index is 0.467. The fourth-order valence-electron chi connectivity index (χ4n) is 5.22. The van der Waals surface area contributed by atoms with E-state index < -0.39 is 5.91 Å². The molecule has 1 heterocycles. The van der Waals surface area contributed by atoms with E-state index in [1.807, 2.05) is 42.5 Å². The fourth-order valence-corrected chi connectivity index (χ4v) is 5.84. The highest BCUT2D eigenvalue weighted by molar-refractivity contribution is 6.39. The predicted molar refractivity (Wildman–Crippen MR) is 157 cm³/mol. The highest BCUT2D eigenvalue weighted by Crippen LogP contribution is 2.39. The van der Waals surface area contributed by atoms with Gasteiger partial charge in [0.25, 0.3) is 0 Å². The van der Waals surface area contributed by atoms with E-state index in [2.05, 4.69) is 65.2 Å². The van der Waals surface area contributed by atoms with Crippen molar-refractivity contribution < 1.29 is 4.79 Å². The van der Waals surface area contributed by atoms with Gasteiger partial charge in [-0.25, -0.2) is 0 Å². The Morgan fingerprint density at radius 2 is 1.47 bits per heavy atom. The average Bonchev–Trinajstić information content (AvgIpc) is 3.23. The van der Waals surface area contributed by atoms with Gasteiger partial charge in [-0.1, -0.05) is 89.9 Å². The summed E-state index contributed by atoms with van der Waals surface area (Å²) in [5, 5.41) is 2.77. The summed E-state index contributed by atoms with van der Waals surface area (Å²) in [6, 6.07) is 37.4. The van der Waals surface area contributed by atoms with Crippen LogP contribution in [0.1, 0.15) is 27.0 Å². The van der Waals surface area contributed by atoms with Crippen LogP contribution in [0.15, 0.2) is 103 Å². The second kappa shape index (κ2) is 10.0. The van der Waals surface area contributed by atoms with E-state index in [4.69, 9.17) is 28.9 Å². The minimum atomic E-state index is -0.467. The highest BCUT2D eigenvalue weighted by atomic mass is 35.5. The van der Waals surface area contributed by atoms with Crippen LogP contribution in [-0.4, -0.2) is 10.5 Å². The van der Waals surface area contributed by atoms with E-state index >= 15 is 0 Å². The van der Waals surface area contributed by atoms with Crippen molar-refractivity contribution in [3.05, 3.63) is 141 Å². The van der Waals surface area contributed by atoms with Gasteiger partial charge in [-0.3, -0.25) is 4.79 Å². The number of nitrogens with two attached hydrogens (primary N) is 1. The molecule has 0 unspecified atom stereocenters. The molecule has 2 N–H and O–H groups in total. The standard InChI is InChI=1S/C33H23Cl2N2O/c34-27-13-7-14-28(35)31(27)23-16-17-25-30(19-23)37(29-15-6-12-26(32(25)29)33(36)38)20-24-11-5-4-10-22(24)18-21-8-2-1-3-9-21/h1-16,19H,18,20H2,(H2,36,38). The van der Waals surface area contributed by atoms with Crippen LogP contribution in [0.2, 0.25) is 10.0 Å². The lowest BCUT2D eigenvalue weighted by molar-refractivity contribution is 0.100. The maximum absolute atomic E-state index is 12.4. The van der Waals surface area contributed by atoms with Crippen molar-refractivity contribution in [3.63, 3.8) is 0 Å². The Balaban J connectivity index is 1.58. The van der Waals surface area contributed by atoms with E-state index in [9.17, 15) is 4.79 Å². The number of hydrogen-bond donors (Lipinski definition) is 1. The lowest BCUT2D eigenvalue weighted by Gasteiger charge is -2.14. The Bertz CT molecular complexity index is 1800. The van der Waals surface area contributed by atoms with Gasteiger partial charge in [0.15, 0.2) is 0 Å². The highest BCUT2D eigenvalue weighted by Gasteiger charge is 2.19. The van der Waals surface area contributed by atoms with Crippen molar-refractivity contribution in [1.82, 2.24) is 4.57 Å². The number of benzene rings is 5. The average molecular weight is 534 g/mol. The summed E-state index contributed by atoms with van der Waals surface area (Å²) < 4.78 is 2.23. The zero-order chi connectivity index (χ0) is 26.2. The molecule has 0 atom stereocenters. The third kappa shape index (κ3) is 4.34. The molecular weight excluding hydrogens is 511 g/mol. The van der Waals surface area contributed by atoms with Crippen LogP contribution in [-0.2, 0) is 13.0 Å². The molecule has 0 aliphatic rings. The van der Waals surface area contributed by atoms with E-state index in [-0.39, 0.29) is 0 Å². The molecule has 0 fully saturated rings. The van der Waals surface area contributed by atoms with E-state index in [1.54, 1.807) is 6.07 Å². The molecule has 1 aromatic heterocycles. The first-order valence-corrected chi connectivity index (χ1v) is 13.1. The van der Waals surface area contributed by atoms with Gasteiger partial charge < -0.3 is 10.3 Å². The molecule has 0 spiro atoms. The molecule has 0 aliphatic heterocycles. The maximum Gasteiger partial charge on any atom is 0.249 e. The smallest absolute Gasteiger partial charge is 0.249 e. The van der Waals surface area contributed by atoms with Gasteiger partial charge in [0.1, 0.15) is 0 Å². The van der Waals surface area contributed by atoms with E-state index in [0.717, 1.165) is 39.4 Å². The quantitative estimate of drug-likeness (QED) is 0.230. The lowest BCUT2D eigenvalue weighted by atomic mass is 9.99. The maximum atomic E-state index is 12.4. The summed E-state index contributed by atoms with van der Waals surface area (Å²) in [4.78, 5) is 12.4. The largest absolute Gasteiger partial charge is 0.366 e.